The van der Waals surface area contributed by atoms with E-state index in [-0.39, 0.29) is 0 Å². The monoisotopic (exact) mass is 243 g/mol. The number of hydrogen-bond donors (Lipinski definition) is 0. The Labute approximate surface area is 107 Å². The normalized spacial score (nSPS) is 16.9. The fourth-order valence-corrected chi connectivity index (χ4v) is 2.33. The van der Waals surface area contributed by atoms with Gasteiger partial charge in [-0.15, -0.1) is 0 Å². The van der Waals surface area contributed by atoms with Gasteiger partial charge in [-0.1, -0.05) is 41.9 Å². The van der Waals surface area contributed by atoms with Crippen molar-refractivity contribution < 1.29 is 4.52 Å². The van der Waals surface area contributed by atoms with Crippen molar-refractivity contribution in [3.05, 3.63) is 36.2 Å². The van der Waals surface area contributed by atoms with E-state index in [0.717, 1.165) is 31.1 Å². The van der Waals surface area contributed by atoms with Crippen LogP contribution in [-0.2, 0) is 6.54 Å². The molecule has 0 spiro atoms. The molecule has 3 rings (SSSR count). The van der Waals surface area contributed by atoms with Crippen LogP contribution in [0.4, 0.5) is 0 Å². The van der Waals surface area contributed by atoms with Gasteiger partial charge < -0.3 is 4.52 Å². The quantitative estimate of drug-likeness (QED) is 0.831. The molecule has 0 atom stereocenters. The van der Waals surface area contributed by atoms with E-state index in [1.807, 2.05) is 30.3 Å². The van der Waals surface area contributed by atoms with Gasteiger partial charge in [0, 0.05) is 5.56 Å². The SMILES string of the molecule is c1ccc(-c2noc(CN3CCCCC3)n2)cc1. The van der Waals surface area contributed by atoms with Crippen molar-refractivity contribution in [3.63, 3.8) is 0 Å². The van der Waals surface area contributed by atoms with Crippen LogP contribution in [0.1, 0.15) is 25.2 Å². The molecule has 1 aromatic heterocycles. The van der Waals surface area contributed by atoms with Crippen LogP contribution in [0.15, 0.2) is 34.9 Å². The number of aromatic nitrogens is 2. The molecule has 0 radical (unpaired) electrons. The number of benzene rings is 1. The van der Waals surface area contributed by atoms with Crippen LogP contribution < -0.4 is 0 Å². The highest BCUT2D eigenvalue weighted by molar-refractivity contribution is 5.53. The molecule has 2 aromatic rings. The summed E-state index contributed by atoms with van der Waals surface area (Å²) in [6.07, 6.45) is 3.90. The summed E-state index contributed by atoms with van der Waals surface area (Å²) in [5.74, 6) is 1.40. The second-order valence-corrected chi connectivity index (χ2v) is 4.71. The van der Waals surface area contributed by atoms with Crippen LogP contribution >= 0.6 is 0 Å². The lowest BCUT2D eigenvalue weighted by atomic mass is 10.1. The summed E-state index contributed by atoms with van der Waals surface area (Å²) in [7, 11) is 0. The fourth-order valence-electron chi connectivity index (χ4n) is 2.33. The van der Waals surface area contributed by atoms with Crippen LogP contribution in [-0.4, -0.2) is 28.1 Å². The van der Waals surface area contributed by atoms with Crippen molar-refractivity contribution >= 4 is 0 Å². The van der Waals surface area contributed by atoms with Gasteiger partial charge in [0.05, 0.1) is 6.54 Å². The maximum absolute atomic E-state index is 5.32. The van der Waals surface area contributed by atoms with Crippen molar-refractivity contribution in [3.8, 4) is 11.4 Å². The van der Waals surface area contributed by atoms with Gasteiger partial charge in [0.25, 0.3) is 0 Å². The molecule has 0 bridgehead atoms. The van der Waals surface area contributed by atoms with Crippen LogP contribution in [0.3, 0.4) is 0 Å². The van der Waals surface area contributed by atoms with Crippen LogP contribution in [0, 0.1) is 0 Å². The Morgan fingerprint density at radius 1 is 1.06 bits per heavy atom. The summed E-state index contributed by atoms with van der Waals surface area (Å²) in [4.78, 5) is 6.84. The van der Waals surface area contributed by atoms with Crippen molar-refractivity contribution in [2.45, 2.75) is 25.8 Å². The van der Waals surface area contributed by atoms with E-state index in [1.165, 1.54) is 19.3 Å². The minimum Gasteiger partial charge on any atom is -0.338 e. The summed E-state index contributed by atoms with van der Waals surface area (Å²) in [5, 5.41) is 4.04. The van der Waals surface area contributed by atoms with Crippen molar-refractivity contribution in [2.24, 2.45) is 0 Å². The topological polar surface area (TPSA) is 42.2 Å². The first-order valence-corrected chi connectivity index (χ1v) is 6.52. The average molecular weight is 243 g/mol. The Bertz CT molecular complexity index is 489. The number of piperidine rings is 1. The van der Waals surface area contributed by atoms with Gasteiger partial charge >= 0.3 is 0 Å². The van der Waals surface area contributed by atoms with Gasteiger partial charge in [-0.05, 0) is 25.9 Å². The largest absolute Gasteiger partial charge is 0.338 e. The average Bonchev–Trinajstić information content (AvgIpc) is 2.89. The minimum absolute atomic E-state index is 0.683. The summed E-state index contributed by atoms with van der Waals surface area (Å²) >= 11 is 0. The van der Waals surface area contributed by atoms with Crippen molar-refractivity contribution in [2.75, 3.05) is 13.1 Å². The van der Waals surface area contributed by atoms with Gasteiger partial charge in [-0.3, -0.25) is 4.90 Å². The molecular formula is C14H17N3O. The number of likely N-dealkylation sites (tertiary alicyclic amines) is 1. The Morgan fingerprint density at radius 2 is 1.83 bits per heavy atom. The zero-order valence-corrected chi connectivity index (χ0v) is 10.4. The maximum atomic E-state index is 5.32. The van der Waals surface area contributed by atoms with E-state index in [4.69, 9.17) is 4.52 Å². The molecule has 0 aliphatic carbocycles. The first-order valence-electron chi connectivity index (χ1n) is 6.52. The summed E-state index contributed by atoms with van der Waals surface area (Å²) in [5.41, 5.74) is 1.01. The highest BCUT2D eigenvalue weighted by atomic mass is 16.5. The lowest BCUT2D eigenvalue weighted by molar-refractivity contribution is 0.193. The summed E-state index contributed by atoms with van der Waals surface area (Å²) < 4.78 is 5.32. The molecule has 1 aliphatic rings. The standard InChI is InChI=1S/C14H17N3O/c1-3-7-12(8-4-1)14-15-13(18-16-14)11-17-9-5-2-6-10-17/h1,3-4,7-8H,2,5-6,9-11H2. The second-order valence-electron chi connectivity index (χ2n) is 4.71. The molecule has 1 fully saturated rings. The van der Waals surface area contributed by atoms with Gasteiger partial charge in [-0.2, -0.15) is 4.98 Å². The lowest BCUT2D eigenvalue weighted by Gasteiger charge is -2.24. The highest BCUT2D eigenvalue weighted by Gasteiger charge is 2.14. The molecule has 4 nitrogen and oxygen atoms in total. The number of nitrogens with zero attached hydrogens (tertiary/aromatic N) is 3. The molecule has 0 N–H and O–H groups in total. The van der Waals surface area contributed by atoms with Gasteiger partial charge in [0.1, 0.15) is 0 Å². The van der Waals surface area contributed by atoms with Crippen molar-refractivity contribution in [1.29, 1.82) is 0 Å². The van der Waals surface area contributed by atoms with Crippen LogP contribution in [0.5, 0.6) is 0 Å². The Balaban J connectivity index is 1.69. The first-order chi connectivity index (χ1) is 8.92. The van der Waals surface area contributed by atoms with E-state index in [9.17, 15) is 0 Å². The van der Waals surface area contributed by atoms with Crippen LogP contribution in [0.2, 0.25) is 0 Å². The Kier molecular flexibility index (Phi) is 3.37. The molecule has 1 saturated heterocycles. The van der Waals surface area contributed by atoms with E-state index >= 15 is 0 Å². The first kappa shape index (κ1) is 11.4. The molecule has 4 heteroatoms. The zero-order valence-electron chi connectivity index (χ0n) is 10.4. The predicted octanol–water partition coefficient (Wildman–Crippen LogP) is 2.72. The second kappa shape index (κ2) is 5.31. The number of hydrogen-bond acceptors (Lipinski definition) is 4. The van der Waals surface area contributed by atoms with Gasteiger partial charge in [0.15, 0.2) is 0 Å². The highest BCUT2D eigenvalue weighted by Crippen LogP contribution is 2.17. The molecule has 0 amide bonds. The van der Waals surface area contributed by atoms with E-state index in [1.54, 1.807) is 0 Å². The van der Waals surface area contributed by atoms with E-state index in [0.29, 0.717) is 5.82 Å². The predicted molar refractivity (Wildman–Crippen MR) is 68.9 cm³/mol. The third-order valence-electron chi connectivity index (χ3n) is 3.31. The Morgan fingerprint density at radius 3 is 2.61 bits per heavy atom. The molecule has 18 heavy (non-hydrogen) atoms. The maximum Gasteiger partial charge on any atom is 0.241 e. The zero-order chi connectivity index (χ0) is 12.2. The number of rotatable bonds is 3. The van der Waals surface area contributed by atoms with Gasteiger partial charge in [0.2, 0.25) is 11.7 Å². The summed E-state index contributed by atoms with van der Waals surface area (Å²) in [6, 6.07) is 9.94. The van der Waals surface area contributed by atoms with Crippen molar-refractivity contribution in [1.82, 2.24) is 15.0 Å². The van der Waals surface area contributed by atoms with Gasteiger partial charge in [-0.25, -0.2) is 0 Å². The molecule has 0 unspecified atom stereocenters. The summed E-state index contributed by atoms with van der Waals surface area (Å²) in [6.45, 7) is 3.06. The molecule has 2 heterocycles. The lowest BCUT2D eigenvalue weighted by Crippen LogP contribution is -2.29. The molecule has 0 saturated carbocycles. The third kappa shape index (κ3) is 2.59. The van der Waals surface area contributed by atoms with E-state index < -0.39 is 0 Å². The molecule has 1 aromatic carbocycles. The Hall–Kier alpha value is -1.68. The molecule has 94 valence electrons. The molecule has 1 aliphatic heterocycles. The molecular weight excluding hydrogens is 226 g/mol. The third-order valence-corrected chi connectivity index (χ3v) is 3.31. The van der Waals surface area contributed by atoms with E-state index in [2.05, 4.69) is 15.0 Å². The minimum atomic E-state index is 0.683. The fraction of sp³-hybridized carbons (Fsp3) is 0.429. The van der Waals surface area contributed by atoms with Crippen LogP contribution in [0.25, 0.3) is 11.4 Å². The smallest absolute Gasteiger partial charge is 0.241 e.